The fourth-order valence-electron chi connectivity index (χ4n) is 3.73. The largest absolute Gasteiger partial charge is 0.478 e. The van der Waals surface area contributed by atoms with Gasteiger partial charge in [-0.2, -0.15) is 0 Å². The fourth-order valence-corrected chi connectivity index (χ4v) is 3.73. The van der Waals surface area contributed by atoms with Crippen molar-refractivity contribution in [3.05, 3.63) is 88.3 Å². The van der Waals surface area contributed by atoms with E-state index in [2.05, 4.69) is 25.6 Å². The highest BCUT2D eigenvalue weighted by Crippen LogP contribution is 2.30. The summed E-state index contributed by atoms with van der Waals surface area (Å²) in [6, 6.07) is 20.3. The molecule has 0 aliphatic rings. The molecule has 152 valence electrons. The van der Waals surface area contributed by atoms with Crippen molar-refractivity contribution in [3.8, 4) is 22.5 Å². The molecule has 31 heavy (non-hydrogen) atoms. The van der Waals surface area contributed by atoms with Gasteiger partial charge in [0.1, 0.15) is 0 Å². The molecule has 2 heterocycles. The number of para-hydroxylation sites is 1. The number of benzene rings is 3. The smallest absolute Gasteiger partial charge is 0.337 e. The van der Waals surface area contributed by atoms with E-state index >= 15 is 0 Å². The van der Waals surface area contributed by atoms with Crippen LogP contribution in [0, 0.1) is 0 Å². The van der Waals surface area contributed by atoms with E-state index in [1.54, 1.807) is 12.1 Å². The zero-order chi connectivity index (χ0) is 21.4. The van der Waals surface area contributed by atoms with Crippen LogP contribution in [0.4, 0.5) is 0 Å². The molecule has 2 aromatic heterocycles. The number of fused-ring (bicyclic) bond motifs is 1. The van der Waals surface area contributed by atoms with Crippen molar-refractivity contribution in [1.82, 2.24) is 30.2 Å². The van der Waals surface area contributed by atoms with Gasteiger partial charge in [-0.15, -0.1) is 5.10 Å². The molecule has 0 fully saturated rings. The van der Waals surface area contributed by atoms with Crippen LogP contribution in [0.25, 0.3) is 33.5 Å². The highest BCUT2D eigenvalue weighted by atomic mass is 16.4. The maximum Gasteiger partial charge on any atom is 0.337 e. The molecule has 3 aromatic carbocycles. The Kier molecular flexibility index (Phi) is 4.40. The standard InChI is InChI=1S/C22H16N6O3/c29-21(30)17-6-3-7-18-19(17)28(22(31)23-18)12-13-8-10-14(11-9-13)15-4-1-2-5-16(15)20-24-26-27-25-20/h1-11H,12H2,(H,23,31)(H,29,30)(H,24,25,26,27). The molecule has 0 spiro atoms. The molecule has 9 nitrogen and oxygen atoms in total. The first-order valence-corrected chi connectivity index (χ1v) is 9.49. The summed E-state index contributed by atoms with van der Waals surface area (Å²) in [5.74, 6) is -0.501. The minimum atomic E-state index is -1.08. The summed E-state index contributed by atoms with van der Waals surface area (Å²) >= 11 is 0. The maximum absolute atomic E-state index is 12.5. The highest BCUT2D eigenvalue weighted by molar-refractivity contribution is 6.01. The maximum atomic E-state index is 12.5. The summed E-state index contributed by atoms with van der Waals surface area (Å²) < 4.78 is 1.45. The van der Waals surface area contributed by atoms with Gasteiger partial charge in [-0.1, -0.05) is 54.6 Å². The van der Waals surface area contributed by atoms with Gasteiger partial charge in [0.2, 0.25) is 0 Å². The first-order chi connectivity index (χ1) is 15.1. The second-order valence-corrected chi connectivity index (χ2v) is 7.02. The van der Waals surface area contributed by atoms with Gasteiger partial charge in [0, 0.05) is 5.56 Å². The van der Waals surface area contributed by atoms with Crippen LogP contribution < -0.4 is 5.69 Å². The van der Waals surface area contributed by atoms with E-state index < -0.39 is 5.97 Å². The average molecular weight is 412 g/mol. The van der Waals surface area contributed by atoms with Gasteiger partial charge in [0.25, 0.3) is 0 Å². The van der Waals surface area contributed by atoms with Gasteiger partial charge in [-0.05, 0) is 39.2 Å². The molecule has 0 aliphatic carbocycles. The molecule has 5 rings (SSSR count). The second kappa shape index (κ2) is 7.38. The van der Waals surface area contributed by atoms with Gasteiger partial charge >= 0.3 is 11.7 Å². The Bertz CT molecular complexity index is 1450. The van der Waals surface area contributed by atoms with Crippen molar-refractivity contribution in [2.75, 3.05) is 0 Å². The number of nitrogens with one attached hydrogen (secondary N) is 2. The van der Waals surface area contributed by atoms with Crippen LogP contribution in [0.1, 0.15) is 15.9 Å². The van der Waals surface area contributed by atoms with Crippen LogP contribution in [0.3, 0.4) is 0 Å². The number of aromatic nitrogens is 6. The van der Waals surface area contributed by atoms with Gasteiger partial charge in [-0.25, -0.2) is 14.7 Å². The van der Waals surface area contributed by atoms with E-state index in [4.69, 9.17) is 0 Å². The Morgan fingerprint density at radius 1 is 0.968 bits per heavy atom. The first kappa shape index (κ1) is 18.5. The van der Waals surface area contributed by atoms with Crippen LogP contribution in [0.5, 0.6) is 0 Å². The number of tetrazole rings is 1. The summed E-state index contributed by atoms with van der Waals surface area (Å²) in [6.07, 6.45) is 0. The summed E-state index contributed by atoms with van der Waals surface area (Å²) in [6.45, 7) is 0.247. The summed E-state index contributed by atoms with van der Waals surface area (Å²) in [4.78, 5) is 26.8. The number of hydrogen-bond acceptors (Lipinski definition) is 5. The SMILES string of the molecule is O=C(O)c1cccc2[nH]c(=O)n(Cc3ccc(-c4ccccc4-c4nnn[nH]4)cc3)c12. The monoisotopic (exact) mass is 412 g/mol. The van der Waals surface area contributed by atoms with E-state index in [9.17, 15) is 14.7 Å². The number of hydrogen-bond donors (Lipinski definition) is 3. The molecule has 0 amide bonds. The van der Waals surface area contributed by atoms with Crippen molar-refractivity contribution in [1.29, 1.82) is 0 Å². The van der Waals surface area contributed by atoms with E-state index in [1.807, 2.05) is 48.5 Å². The van der Waals surface area contributed by atoms with Gasteiger partial charge in [-0.3, -0.25) is 4.57 Å². The lowest BCUT2D eigenvalue weighted by Crippen LogP contribution is -2.18. The van der Waals surface area contributed by atoms with Gasteiger partial charge in [0.05, 0.1) is 23.1 Å². The zero-order valence-corrected chi connectivity index (χ0v) is 16.1. The quantitative estimate of drug-likeness (QED) is 0.407. The Morgan fingerprint density at radius 2 is 1.74 bits per heavy atom. The van der Waals surface area contributed by atoms with E-state index in [0.717, 1.165) is 22.3 Å². The van der Waals surface area contributed by atoms with Crippen LogP contribution >= 0.6 is 0 Å². The van der Waals surface area contributed by atoms with Crippen LogP contribution in [0.15, 0.2) is 71.5 Å². The van der Waals surface area contributed by atoms with Gasteiger partial charge < -0.3 is 10.1 Å². The lowest BCUT2D eigenvalue weighted by atomic mass is 9.98. The fraction of sp³-hybridized carbons (Fsp3) is 0.0455. The van der Waals surface area contributed by atoms with E-state index in [0.29, 0.717) is 16.9 Å². The average Bonchev–Trinajstić information content (AvgIpc) is 3.42. The molecule has 0 bridgehead atoms. The topological polar surface area (TPSA) is 130 Å². The number of carboxylic acid groups (broad SMARTS) is 1. The molecule has 0 saturated carbocycles. The summed E-state index contributed by atoms with van der Waals surface area (Å²) in [7, 11) is 0. The van der Waals surface area contributed by atoms with Gasteiger partial charge in [0.15, 0.2) is 5.82 Å². The van der Waals surface area contributed by atoms with Crippen LogP contribution in [-0.2, 0) is 6.54 Å². The third-order valence-corrected chi connectivity index (χ3v) is 5.16. The number of H-pyrrole nitrogens is 2. The number of carboxylic acids is 1. The van der Waals surface area contributed by atoms with E-state index in [-0.39, 0.29) is 17.8 Å². The molecule has 9 heteroatoms. The normalized spacial score (nSPS) is 11.1. The number of carbonyl (C=O) groups is 1. The Morgan fingerprint density at radius 3 is 2.45 bits per heavy atom. The molecule has 5 aromatic rings. The number of imidazole rings is 1. The van der Waals surface area contributed by atoms with E-state index in [1.165, 1.54) is 10.6 Å². The molecule has 3 N–H and O–H groups in total. The number of aromatic carboxylic acids is 1. The first-order valence-electron chi connectivity index (χ1n) is 9.49. The minimum Gasteiger partial charge on any atom is -0.478 e. The zero-order valence-electron chi connectivity index (χ0n) is 16.1. The predicted molar refractivity (Wildman–Crippen MR) is 114 cm³/mol. The number of rotatable bonds is 5. The molecular weight excluding hydrogens is 396 g/mol. The molecule has 0 aliphatic heterocycles. The van der Waals surface area contributed by atoms with Crippen molar-refractivity contribution >= 4 is 17.0 Å². The number of nitrogens with zero attached hydrogens (tertiary/aromatic N) is 4. The van der Waals surface area contributed by atoms with Crippen molar-refractivity contribution in [3.63, 3.8) is 0 Å². The third-order valence-electron chi connectivity index (χ3n) is 5.16. The third kappa shape index (κ3) is 3.27. The molecule has 0 radical (unpaired) electrons. The molecular formula is C22H16N6O3. The Balaban J connectivity index is 1.52. The molecule has 0 saturated heterocycles. The minimum absolute atomic E-state index is 0.0852. The van der Waals surface area contributed by atoms with Crippen molar-refractivity contribution < 1.29 is 9.90 Å². The molecule has 0 atom stereocenters. The second-order valence-electron chi connectivity index (χ2n) is 7.02. The lowest BCUT2D eigenvalue weighted by Gasteiger charge is -2.09. The number of aromatic amines is 2. The van der Waals surface area contributed by atoms with Crippen LogP contribution in [-0.4, -0.2) is 41.3 Å². The Labute approximate surface area is 175 Å². The van der Waals surface area contributed by atoms with Crippen molar-refractivity contribution in [2.45, 2.75) is 6.54 Å². The molecule has 0 unspecified atom stereocenters. The van der Waals surface area contributed by atoms with Crippen molar-refractivity contribution in [2.24, 2.45) is 0 Å². The Hall–Kier alpha value is -4.53. The highest BCUT2D eigenvalue weighted by Gasteiger charge is 2.16. The summed E-state index contributed by atoms with van der Waals surface area (Å²) in [5, 5.41) is 23.6. The lowest BCUT2D eigenvalue weighted by molar-refractivity contribution is 0.0698. The summed E-state index contributed by atoms with van der Waals surface area (Å²) in [5.41, 5.74) is 4.28. The predicted octanol–water partition coefficient (Wildman–Crippen LogP) is 2.92. The van der Waals surface area contributed by atoms with Crippen LogP contribution in [0.2, 0.25) is 0 Å².